The molecular weight excluding hydrogens is 246 g/mol. The predicted molar refractivity (Wildman–Crippen MR) is 77.1 cm³/mol. The van der Waals surface area contributed by atoms with Crippen LogP contribution < -0.4 is 5.32 Å². The summed E-state index contributed by atoms with van der Waals surface area (Å²) in [6.07, 6.45) is 0.561. The normalized spacial score (nSPS) is 15.6. The van der Waals surface area contributed by atoms with Gasteiger partial charge in [-0.15, -0.1) is 11.3 Å². The third kappa shape index (κ3) is 5.96. The second kappa shape index (κ2) is 7.24. The fourth-order valence-corrected chi connectivity index (χ4v) is 2.50. The first-order valence-corrected chi connectivity index (χ1v) is 7.39. The van der Waals surface area contributed by atoms with Crippen molar-refractivity contribution in [3.8, 4) is 0 Å². The fraction of sp³-hybridized carbons (Fsp3) is 0.714. The first kappa shape index (κ1) is 15.6. The molecule has 0 aromatic carbocycles. The molecule has 0 saturated heterocycles. The van der Waals surface area contributed by atoms with Crippen LogP contribution in [0.2, 0.25) is 0 Å². The van der Waals surface area contributed by atoms with E-state index in [1.54, 1.807) is 11.3 Å². The average molecular weight is 271 g/mol. The fourth-order valence-electron chi connectivity index (χ4n) is 1.62. The molecule has 104 valence electrons. The van der Waals surface area contributed by atoms with Crippen LogP contribution in [-0.2, 0) is 4.74 Å². The van der Waals surface area contributed by atoms with E-state index < -0.39 is 6.10 Å². The van der Waals surface area contributed by atoms with Crippen LogP contribution in [0, 0.1) is 0 Å². The molecule has 2 atom stereocenters. The van der Waals surface area contributed by atoms with E-state index in [1.807, 2.05) is 20.8 Å². The maximum absolute atomic E-state index is 9.87. The number of aliphatic hydroxyl groups is 1. The second-order valence-corrected chi connectivity index (χ2v) is 6.44. The van der Waals surface area contributed by atoms with Crippen molar-refractivity contribution < 1.29 is 9.84 Å². The molecule has 0 spiro atoms. The second-order valence-electron chi connectivity index (χ2n) is 5.46. The van der Waals surface area contributed by atoms with Gasteiger partial charge in [0.1, 0.15) is 0 Å². The third-order valence-electron chi connectivity index (χ3n) is 2.60. The molecule has 18 heavy (non-hydrogen) atoms. The molecule has 1 rings (SSSR count). The number of hydrogen-bond acceptors (Lipinski definition) is 4. The number of aliphatic hydroxyl groups excluding tert-OH is 1. The summed E-state index contributed by atoms with van der Waals surface area (Å²) in [6.45, 7) is 9.06. The van der Waals surface area contributed by atoms with Crippen molar-refractivity contribution in [3.63, 3.8) is 0 Å². The molecule has 0 aliphatic carbocycles. The summed E-state index contributed by atoms with van der Waals surface area (Å²) in [4.78, 5) is 1.32. The zero-order valence-electron chi connectivity index (χ0n) is 11.8. The standard InChI is InChI=1S/C14H25NO2S/c1-5-12(13-7-6-8-18-13)15-9-11(16)10-17-14(2,3)4/h6-8,11-12,15-16H,5,9-10H2,1-4H3. The van der Waals surface area contributed by atoms with Crippen molar-refractivity contribution in [2.75, 3.05) is 13.2 Å². The van der Waals surface area contributed by atoms with Crippen molar-refractivity contribution in [2.24, 2.45) is 0 Å². The lowest BCUT2D eigenvalue weighted by Crippen LogP contribution is -2.35. The lowest BCUT2D eigenvalue weighted by Gasteiger charge is -2.23. The van der Waals surface area contributed by atoms with Gasteiger partial charge in [0.15, 0.2) is 0 Å². The molecule has 4 heteroatoms. The Kier molecular flexibility index (Phi) is 6.29. The first-order chi connectivity index (χ1) is 8.42. The van der Waals surface area contributed by atoms with E-state index in [0.29, 0.717) is 19.2 Å². The SMILES string of the molecule is CCC(NCC(O)COC(C)(C)C)c1cccs1. The molecule has 0 saturated carbocycles. The van der Waals surface area contributed by atoms with Crippen LogP contribution in [-0.4, -0.2) is 30.0 Å². The zero-order valence-corrected chi connectivity index (χ0v) is 12.6. The Morgan fingerprint density at radius 1 is 1.44 bits per heavy atom. The Hall–Kier alpha value is -0.420. The average Bonchev–Trinajstić information content (AvgIpc) is 2.80. The molecule has 0 aliphatic rings. The number of rotatable bonds is 7. The molecule has 1 heterocycles. The maximum atomic E-state index is 9.87. The van der Waals surface area contributed by atoms with Gasteiger partial charge in [0, 0.05) is 17.5 Å². The van der Waals surface area contributed by atoms with Gasteiger partial charge in [-0.3, -0.25) is 0 Å². The number of hydrogen-bond donors (Lipinski definition) is 2. The van der Waals surface area contributed by atoms with Gasteiger partial charge in [0.05, 0.1) is 18.3 Å². The molecule has 0 radical (unpaired) electrons. The highest BCUT2D eigenvalue weighted by Crippen LogP contribution is 2.21. The summed E-state index contributed by atoms with van der Waals surface area (Å²) in [5, 5.41) is 15.3. The Labute approximate surface area is 114 Å². The van der Waals surface area contributed by atoms with E-state index in [4.69, 9.17) is 4.74 Å². The Morgan fingerprint density at radius 3 is 2.67 bits per heavy atom. The van der Waals surface area contributed by atoms with Gasteiger partial charge < -0.3 is 15.2 Å². The molecule has 2 N–H and O–H groups in total. The van der Waals surface area contributed by atoms with Crippen molar-refractivity contribution in [2.45, 2.75) is 51.9 Å². The minimum absolute atomic E-state index is 0.196. The van der Waals surface area contributed by atoms with Crippen LogP contribution in [0.4, 0.5) is 0 Å². The number of ether oxygens (including phenoxy) is 1. The van der Waals surface area contributed by atoms with Gasteiger partial charge in [-0.25, -0.2) is 0 Å². The first-order valence-electron chi connectivity index (χ1n) is 6.51. The van der Waals surface area contributed by atoms with Gasteiger partial charge in [-0.1, -0.05) is 13.0 Å². The van der Waals surface area contributed by atoms with Gasteiger partial charge in [0.25, 0.3) is 0 Å². The van der Waals surface area contributed by atoms with Crippen molar-refractivity contribution in [3.05, 3.63) is 22.4 Å². The van der Waals surface area contributed by atoms with Crippen molar-refractivity contribution in [1.82, 2.24) is 5.32 Å². The molecule has 0 bridgehead atoms. The van der Waals surface area contributed by atoms with E-state index in [9.17, 15) is 5.11 Å². The quantitative estimate of drug-likeness (QED) is 0.801. The van der Waals surface area contributed by atoms with Crippen LogP contribution in [0.1, 0.15) is 45.0 Å². The van der Waals surface area contributed by atoms with Crippen LogP contribution in [0.25, 0.3) is 0 Å². The minimum Gasteiger partial charge on any atom is -0.389 e. The van der Waals surface area contributed by atoms with E-state index in [-0.39, 0.29) is 5.60 Å². The number of thiophene rings is 1. The summed E-state index contributed by atoms with van der Waals surface area (Å²) < 4.78 is 5.56. The molecule has 3 nitrogen and oxygen atoms in total. The summed E-state index contributed by atoms with van der Waals surface area (Å²) >= 11 is 1.75. The molecule has 1 aromatic rings. The van der Waals surface area contributed by atoms with E-state index in [0.717, 1.165) is 6.42 Å². The largest absolute Gasteiger partial charge is 0.389 e. The highest BCUT2D eigenvalue weighted by atomic mass is 32.1. The molecule has 2 unspecified atom stereocenters. The van der Waals surface area contributed by atoms with Crippen molar-refractivity contribution >= 4 is 11.3 Å². The van der Waals surface area contributed by atoms with Gasteiger partial charge in [-0.2, -0.15) is 0 Å². The highest BCUT2D eigenvalue weighted by Gasteiger charge is 2.15. The zero-order chi connectivity index (χ0) is 13.6. The maximum Gasteiger partial charge on any atom is 0.0898 e. The lowest BCUT2D eigenvalue weighted by atomic mass is 10.1. The monoisotopic (exact) mass is 271 g/mol. The van der Waals surface area contributed by atoms with E-state index in [1.165, 1.54) is 4.88 Å². The molecule has 0 aliphatic heterocycles. The summed E-state index contributed by atoms with van der Waals surface area (Å²) in [5.74, 6) is 0. The van der Waals surface area contributed by atoms with E-state index in [2.05, 4.69) is 29.8 Å². The highest BCUT2D eigenvalue weighted by molar-refractivity contribution is 7.10. The number of nitrogens with one attached hydrogen (secondary N) is 1. The van der Waals surface area contributed by atoms with Gasteiger partial charge in [0.2, 0.25) is 0 Å². The minimum atomic E-state index is -0.460. The summed E-state index contributed by atoms with van der Waals surface area (Å²) in [7, 11) is 0. The van der Waals surface area contributed by atoms with Gasteiger partial charge in [-0.05, 0) is 38.6 Å². The smallest absolute Gasteiger partial charge is 0.0898 e. The Bertz CT molecular complexity index is 319. The summed E-state index contributed by atoms with van der Waals surface area (Å²) in [5.41, 5.74) is -0.196. The Morgan fingerprint density at radius 2 is 2.17 bits per heavy atom. The summed E-state index contributed by atoms with van der Waals surface area (Å²) in [6, 6.07) is 4.52. The van der Waals surface area contributed by atoms with Crippen LogP contribution in [0.15, 0.2) is 17.5 Å². The lowest BCUT2D eigenvalue weighted by molar-refractivity contribution is -0.0483. The molecule has 0 amide bonds. The predicted octanol–water partition coefficient (Wildman–Crippen LogP) is 2.96. The van der Waals surface area contributed by atoms with Crippen molar-refractivity contribution in [1.29, 1.82) is 0 Å². The van der Waals surface area contributed by atoms with Crippen LogP contribution >= 0.6 is 11.3 Å². The van der Waals surface area contributed by atoms with E-state index >= 15 is 0 Å². The van der Waals surface area contributed by atoms with Gasteiger partial charge >= 0.3 is 0 Å². The Balaban J connectivity index is 2.30. The van der Waals surface area contributed by atoms with Crippen LogP contribution in [0.5, 0.6) is 0 Å². The third-order valence-corrected chi connectivity index (χ3v) is 3.59. The molecular formula is C14H25NO2S. The molecule has 1 aromatic heterocycles. The topological polar surface area (TPSA) is 41.5 Å². The van der Waals surface area contributed by atoms with Crippen LogP contribution in [0.3, 0.4) is 0 Å². The molecule has 0 fully saturated rings.